The number of ether oxygens (including phenoxy) is 3. The molecule has 0 saturated carbocycles. The van der Waals surface area contributed by atoms with E-state index in [1.54, 1.807) is 0 Å². The molecule has 0 bridgehead atoms. The van der Waals surface area contributed by atoms with Crippen LogP contribution in [0.15, 0.2) is 12.1 Å². The first-order valence-corrected chi connectivity index (χ1v) is 9.62. The van der Waals surface area contributed by atoms with E-state index in [1.807, 2.05) is 0 Å². The minimum Gasteiger partial charge on any atom is -0.495 e. The Morgan fingerprint density at radius 3 is 2.36 bits per heavy atom. The van der Waals surface area contributed by atoms with Crippen molar-refractivity contribution in [3.8, 4) is 11.5 Å². The SMILES string of the molecule is COCCNC(=O)CCN(c1cc(OC)c(Cl)cc1OC)S(C)(=O)=O. The molecule has 0 aromatic heterocycles. The Morgan fingerprint density at radius 2 is 1.84 bits per heavy atom. The van der Waals surface area contributed by atoms with E-state index in [1.165, 1.54) is 33.5 Å². The number of nitrogens with zero attached hydrogens (tertiary/aromatic N) is 1. The molecule has 1 aromatic rings. The molecule has 0 unspecified atom stereocenters. The molecule has 0 aliphatic heterocycles. The Morgan fingerprint density at radius 1 is 1.20 bits per heavy atom. The summed E-state index contributed by atoms with van der Waals surface area (Å²) < 4.78 is 40.7. The summed E-state index contributed by atoms with van der Waals surface area (Å²) in [5.74, 6) is 0.275. The van der Waals surface area contributed by atoms with Gasteiger partial charge < -0.3 is 19.5 Å². The van der Waals surface area contributed by atoms with Gasteiger partial charge in [-0.3, -0.25) is 9.10 Å². The monoisotopic (exact) mass is 394 g/mol. The first kappa shape index (κ1) is 21.3. The molecule has 8 nitrogen and oxygen atoms in total. The van der Waals surface area contributed by atoms with Crippen LogP contribution in [0.3, 0.4) is 0 Å². The Balaban J connectivity index is 3.06. The molecule has 1 amide bonds. The van der Waals surface area contributed by atoms with Crippen molar-refractivity contribution < 1.29 is 27.4 Å². The summed E-state index contributed by atoms with van der Waals surface area (Å²) in [4.78, 5) is 11.8. The summed E-state index contributed by atoms with van der Waals surface area (Å²) in [6.45, 7) is 0.675. The van der Waals surface area contributed by atoms with Gasteiger partial charge in [0.15, 0.2) is 0 Å². The van der Waals surface area contributed by atoms with Gasteiger partial charge in [0.05, 0.1) is 37.8 Å². The number of anilines is 1. The fourth-order valence-electron chi connectivity index (χ4n) is 2.09. The van der Waals surface area contributed by atoms with E-state index in [4.69, 9.17) is 25.8 Å². The highest BCUT2D eigenvalue weighted by Gasteiger charge is 2.24. The van der Waals surface area contributed by atoms with Gasteiger partial charge >= 0.3 is 0 Å². The van der Waals surface area contributed by atoms with Gasteiger partial charge in [0.25, 0.3) is 0 Å². The fourth-order valence-corrected chi connectivity index (χ4v) is 3.24. The number of hydrogen-bond acceptors (Lipinski definition) is 6. The van der Waals surface area contributed by atoms with E-state index < -0.39 is 10.0 Å². The van der Waals surface area contributed by atoms with E-state index in [-0.39, 0.29) is 35.3 Å². The quantitative estimate of drug-likeness (QED) is 0.601. The number of benzene rings is 1. The summed E-state index contributed by atoms with van der Waals surface area (Å²) in [7, 11) is 0.691. The molecule has 142 valence electrons. The minimum absolute atomic E-state index is 0.0229. The molecule has 25 heavy (non-hydrogen) atoms. The molecule has 1 N–H and O–H groups in total. The Kier molecular flexibility index (Phi) is 8.27. The van der Waals surface area contributed by atoms with Crippen LogP contribution in [0.25, 0.3) is 0 Å². The molecule has 0 radical (unpaired) electrons. The zero-order valence-corrected chi connectivity index (χ0v) is 16.2. The first-order valence-electron chi connectivity index (χ1n) is 7.39. The van der Waals surface area contributed by atoms with Gasteiger partial charge in [-0.15, -0.1) is 0 Å². The van der Waals surface area contributed by atoms with E-state index >= 15 is 0 Å². The Hall–Kier alpha value is -1.71. The molecule has 0 heterocycles. The van der Waals surface area contributed by atoms with Gasteiger partial charge in [0.2, 0.25) is 15.9 Å². The van der Waals surface area contributed by atoms with Crippen molar-refractivity contribution in [2.24, 2.45) is 0 Å². The van der Waals surface area contributed by atoms with Gasteiger partial charge in [-0.2, -0.15) is 0 Å². The van der Waals surface area contributed by atoms with E-state index in [9.17, 15) is 13.2 Å². The Labute approximate surface area is 153 Å². The van der Waals surface area contributed by atoms with Crippen molar-refractivity contribution in [1.29, 1.82) is 0 Å². The third kappa shape index (κ3) is 6.26. The number of sulfonamides is 1. The smallest absolute Gasteiger partial charge is 0.232 e. The number of nitrogens with one attached hydrogen (secondary N) is 1. The average Bonchev–Trinajstić information content (AvgIpc) is 2.54. The van der Waals surface area contributed by atoms with Crippen molar-refractivity contribution in [3.05, 3.63) is 17.2 Å². The lowest BCUT2D eigenvalue weighted by molar-refractivity contribution is -0.121. The second-order valence-electron chi connectivity index (χ2n) is 5.09. The molecule has 1 rings (SSSR count). The standard InChI is InChI=1S/C15H23ClN2O6S/c1-22-8-6-17-15(19)5-7-18(25(4,20)21)12-10-13(23-2)11(16)9-14(12)24-3/h9-10H,5-8H2,1-4H3,(H,17,19). The third-order valence-corrected chi connectivity index (χ3v) is 4.77. The van der Waals surface area contributed by atoms with E-state index in [0.717, 1.165) is 10.6 Å². The fraction of sp³-hybridized carbons (Fsp3) is 0.533. The van der Waals surface area contributed by atoms with Gasteiger partial charge in [-0.1, -0.05) is 11.6 Å². The van der Waals surface area contributed by atoms with Crippen LogP contribution in [0, 0.1) is 0 Å². The van der Waals surface area contributed by atoms with Crippen LogP contribution in [-0.4, -0.2) is 61.6 Å². The van der Waals surface area contributed by atoms with Crippen LogP contribution in [0.2, 0.25) is 5.02 Å². The molecule has 0 saturated heterocycles. The summed E-state index contributed by atoms with van der Waals surface area (Å²) in [5, 5.41) is 2.93. The third-order valence-electron chi connectivity index (χ3n) is 3.29. The maximum atomic E-state index is 12.2. The first-order chi connectivity index (χ1) is 11.7. The van der Waals surface area contributed by atoms with Crippen LogP contribution < -0.4 is 19.1 Å². The van der Waals surface area contributed by atoms with E-state index in [2.05, 4.69) is 5.32 Å². The minimum atomic E-state index is -3.66. The number of halogens is 1. The van der Waals surface area contributed by atoms with Crippen molar-refractivity contribution in [1.82, 2.24) is 5.32 Å². The molecular formula is C15H23ClN2O6S. The number of methoxy groups -OCH3 is 3. The van der Waals surface area contributed by atoms with Gasteiger partial charge in [0, 0.05) is 38.8 Å². The summed E-state index contributed by atoms with van der Waals surface area (Å²) in [6.07, 6.45) is 1.03. The zero-order chi connectivity index (χ0) is 19.0. The Bertz CT molecular complexity index is 696. The number of amides is 1. The summed E-state index contributed by atoms with van der Waals surface area (Å²) >= 11 is 6.05. The molecule has 10 heteroatoms. The predicted molar refractivity (Wildman–Crippen MR) is 96.2 cm³/mol. The van der Waals surface area contributed by atoms with Gasteiger partial charge in [-0.25, -0.2) is 8.42 Å². The molecule has 0 spiro atoms. The van der Waals surface area contributed by atoms with Crippen LogP contribution >= 0.6 is 11.6 Å². The molecule has 0 fully saturated rings. The second-order valence-corrected chi connectivity index (χ2v) is 7.40. The highest BCUT2D eigenvalue weighted by atomic mass is 35.5. The number of carbonyl (C=O) groups excluding carboxylic acids is 1. The lowest BCUT2D eigenvalue weighted by Gasteiger charge is -2.25. The summed E-state index contributed by atoms with van der Waals surface area (Å²) in [6, 6.07) is 2.93. The highest BCUT2D eigenvalue weighted by Crippen LogP contribution is 2.39. The highest BCUT2D eigenvalue weighted by molar-refractivity contribution is 7.92. The maximum absolute atomic E-state index is 12.2. The van der Waals surface area contributed by atoms with Gasteiger partial charge in [0.1, 0.15) is 11.5 Å². The van der Waals surface area contributed by atoms with E-state index in [0.29, 0.717) is 18.9 Å². The number of carbonyl (C=O) groups is 1. The normalized spacial score (nSPS) is 11.1. The van der Waals surface area contributed by atoms with Crippen molar-refractivity contribution >= 4 is 33.2 Å². The molecular weight excluding hydrogens is 372 g/mol. The number of rotatable bonds is 10. The topological polar surface area (TPSA) is 94.2 Å². The second kappa shape index (κ2) is 9.69. The largest absolute Gasteiger partial charge is 0.495 e. The average molecular weight is 395 g/mol. The number of hydrogen-bond donors (Lipinski definition) is 1. The predicted octanol–water partition coefficient (Wildman–Crippen LogP) is 1.28. The molecule has 0 aliphatic rings. The summed E-state index contributed by atoms with van der Waals surface area (Å²) in [5.41, 5.74) is 0.246. The lowest BCUT2D eigenvalue weighted by atomic mass is 10.2. The maximum Gasteiger partial charge on any atom is 0.232 e. The van der Waals surface area contributed by atoms with Gasteiger partial charge in [-0.05, 0) is 0 Å². The van der Waals surface area contributed by atoms with Crippen molar-refractivity contribution in [2.75, 3.05) is 51.6 Å². The van der Waals surface area contributed by atoms with Crippen molar-refractivity contribution in [2.45, 2.75) is 6.42 Å². The lowest BCUT2D eigenvalue weighted by Crippen LogP contribution is -2.35. The van der Waals surface area contributed by atoms with Crippen molar-refractivity contribution in [3.63, 3.8) is 0 Å². The van der Waals surface area contributed by atoms with Crippen LogP contribution in [-0.2, 0) is 19.6 Å². The molecule has 0 aliphatic carbocycles. The zero-order valence-electron chi connectivity index (χ0n) is 14.7. The molecule has 1 aromatic carbocycles. The van der Waals surface area contributed by atoms with Crippen LogP contribution in [0.5, 0.6) is 11.5 Å². The van der Waals surface area contributed by atoms with Crippen LogP contribution in [0.1, 0.15) is 6.42 Å². The van der Waals surface area contributed by atoms with Crippen LogP contribution in [0.4, 0.5) is 5.69 Å². The molecule has 0 atom stereocenters.